The molecule has 1 aliphatic heterocycles. The summed E-state index contributed by atoms with van der Waals surface area (Å²) < 4.78 is 2.75. The van der Waals surface area contributed by atoms with Gasteiger partial charge in [-0.15, -0.1) is 0 Å². The first kappa shape index (κ1) is 28.3. The summed E-state index contributed by atoms with van der Waals surface area (Å²) >= 11 is 8.29. The van der Waals surface area contributed by atoms with E-state index in [1.54, 1.807) is 6.33 Å². The van der Waals surface area contributed by atoms with E-state index in [1.807, 2.05) is 40.2 Å². The largest absolute Gasteiger partial charge is 0.344 e. The van der Waals surface area contributed by atoms with Crippen LogP contribution in [0.25, 0.3) is 0 Å². The molecule has 2 aromatic rings. The lowest BCUT2D eigenvalue weighted by molar-refractivity contribution is -0.139. The van der Waals surface area contributed by atoms with Gasteiger partial charge in [-0.1, -0.05) is 65.6 Å². The zero-order valence-corrected chi connectivity index (χ0v) is 24.3. The maximum absolute atomic E-state index is 13.8. The molecule has 2 fully saturated rings. The number of carbonyl (C=O) groups is 2. The number of nitrogens with zero attached hydrogens (tertiary/aromatic N) is 4. The van der Waals surface area contributed by atoms with Crippen LogP contribution >= 0.6 is 34.2 Å². The quantitative estimate of drug-likeness (QED) is 0.166. The molecule has 1 aromatic carbocycles. The van der Waals surface area contributed by atoms with Gasteiger partial charge in [0.05, 0.1) is 0 Å². The van der Waals surface area contributed by atoms with Crippen LogP contribution < -0.4 is 10.6 Å². The molecule has 0 radical (unpaired) electrons. The Kier molecular flexibility index (Phi) is 10.6. The minimum absolute atomic E-state index is 0.00292. The van der Waals surface area contributed by atoms with Crippen LogP contribution in [-0.2, 0) is 22.6 Å². The number of halogens is 2. The van der Waals surface area contributed by atoms with Crippen LogP contribution in [0.15, 0.2) is 36.9 Å². The number of nitrogens with one attached hydrogen (secondary N) is 2. The van der Waals surface area contributed by atoms with Crippen LogP contribution in [0.4, 0.5) is 0 Å². The van der Waals surface area contributed by atoms with Crippen molar-refractivity contribution < 1.29 is 9.59 Å². The summed E-state index contributed by atoms with van der Waals surface area (Å²) in [5, 5.41) is 11.3. The predicted octanol–water partition coefficient (Wildman–Crippen LogP) is 4.22. The van der Waals surface area contributed by atoms with E-state index in [4.69, 9.17) is 11.6 Å². The number of hydrogen-bond donors (Lipinski definition) is 2. The van der Waals surface area contributed by atoms with Gasteiger partial charge in [-0.2, -0.15) is 5.10 Å². The van der Waals surface area contributed by atoms with Crippen LogP contribution in [0, 0.1) is 11.3 Å². The monoisotopic (exact) mass is 640 g/mol. The fraction of sp³-hybridized carbons (Fsp3) is 0.630. The van der Waals surface area contributed by atoms with Crippen molar-refractivity contribution in [3.63, 3.8) is 0 Å². The number of amides is 2. The Bertz CT molecular complexity index is 989. The molecule has 1 atom stereocenters. The van der Waals surface area contributed by atoms with Crippen molar-refractivity contribution in [2.45, 2.75) is 70.4 Å². The Balaban J connectivity index is 1.45. The van der Waals surface area contributed by atoms with Crippen LogP contribution in [0.5, 0.6) is 0 Å². The second-order valence-corrected chi connectivity index (χ2v) is 11.6. The SMILES string of the molecule is O=C(CCNCI)N[C@H](Cc1ccc(Cl)cc1)C(=O)N1CCC(Cn2cncn2)(C2CCCCC2)CC1. The molecule has 4 rings (SSSR count). The summed E-state index contributed by atoms with van der Waals surface area (Å²) in [7, 11) is 0. The minimum Gasteiger partial charge on any atom is -0.344 e. The zero-order chi connectivity index (χ0) is 26.1. The Morgan fingerprint density at radius 1 is 1.14 bits per heavy atom. The smallest absolute Gasteiger partial charge is 0.245 e. The third kappa shape index (κ3) is 7.89. The first-order valence-electron chi connectivity index (χ1n) is 13.4. The molecule has 8 nitrogen and oxygen atoms in total. The topological polar surface area (TPSA) is 92.2 Å². The van der Waals surface area contributed by atoms with Gasteiger partial charge in [0.1, 0.15) is 18.7 Å². The van der Waals surface area contributed by atoms with E-state index in [1.165, 1.54) is 32.1 Å². The van der Waals surface area contributed by atoms with E-state index >= 15 is 0 Å². The molecule has 2 heterocycles. The molecule has 2 amide bonds. The number of aromatic nitrogens is 3. The molecule has 2 aliphatic rings. The normalized spacial score (nSPS) is 18.9. The summed E-state index contributed by atoms with van der Waals surface area (Å²) in [6.45, 7) is 2.85. The first-order chi connectivity index (χ1) is 18.0. The van der Waals surface area contributed by atoms with Crippen molar-refractivity contribution >= 4 is 46.0 Å². The summed E-state index contributed by atoms with van der Waals surface area (Å²) in [6, 6.07) is 6.91. The van der Waals surface area contributed by atoms with Crippen molar-refractivity contribution in [1.29, 1.82) is 0 Å². The second-order valence-electron chi connectivity index (χ2n) is 10.4. The van der Waals surface area contributed by atoms with Gasteiger partial charge in [-0.25, -0.2) is 4.98 Å². The Labute approximate surface area is 238 Å². The fourth-order valence-electron chi connectivity index (χ4n) is 6.03. The number of likely N-dealkylation sites (tertiary alicyclic amines) is 1. The molecule has 10 heteroatoms. The van der Waals surface area contributed by atoms with Crippen molar-refractivity contribution in [1.82, 2.24) is 30.3 Å². The molecular weight excluding hydrogens is 603 g/mol. The van der Waals surface area contributed by atoms with Gasteiger partial charge in [-0.3, -0.25) is 14.3 Å². The standard InChI is InChI=1S/C27H38ClIN6O2/c28-23-8-6-21(7-9-23)16-24(33-25(36)10-13-30-18-29)26(37)34-14-11-27(12-15-34,17-35-20-31-19-32-35)22-4-2-1-3-5-22/h6-9,19-20,22,24,30H,1-5,10-18H2,(H,33,36)/t24-/m1/s1. The third-order valence-corrected chi connectivity index (χ3v) is 8.89. The van der Waals surface area contributed by atoms with Crippen molar-refractivity contribution in [3.05, 3.63) is 47.5 Å². The van der Waals surface area contributed by atoms with E-state index < -0.39 is 6.04 Å². The fourth-order valence-corrected chi connectivity index (χ4v) is 6.54. The second kappa shape index (κ2) is 13.9. The van der Waals surface area contributed by atoms with Gasteiger partial charge in [0.2, 0.25) is 11.8 Å². The summed E-state index contributed by atoms with van der Waals surface area (Å²) in [6.07, 6.45) is 12.5. The minimum atomic E-state index is -0.592. The van der Waals surface area contributed by atoms with Gasteiger partial charge in [0.25, 0.3) is 0 Å². The van der Waals surface area contributed by atoms with Crippen LogP contribution in [-0.4, -0.2) is 61.7 Å². The Morgan fingerprint density at radius 3 is 2.51 bits per heavy atom. The van der Waals surface area contributed by atoms with Crippen LogP contribution in [0.2, 0.25) is 5.02 Å². The molecule has 0 bridgehead atoms. The maximum Gasteiger partial charge on any atom is 0.245 e. The lowest BCUT2D eigenvalue weighted by atomic mass is 9.63. The van der Waals surface area contributed by atoms with Crippen molar-refractivity contribution in [3.8, 4) is 0 Å². The molecule has 202 valence electrons. The first-order valence-corrected chi connectivity index (χ1v) is 15.3. The van der Waals surface area contributed by atoms with E-state index in [9.17, 15) is 9.59 Å². The molecule has 1 saturated heterocycles. The van der Waals surface area contributed by atoms with E-state index in [0.29, 0.717) is 43.4 Å². The Morgan fingerprint density at radius 2 is 1.86 bits per heavy atom. The molecule has 37 heavy (non-hydrogen) atoms. The van der Waals surface area contributed by atoms with Crippen molar-refractivity contribution in [2.75, 3.05) is 24.2 Å². The van der Waals surface area contributed by atoms with Gasteiger partial charge < -0.3 is 15.5 Å². The molecular formula is C27H38ClIN6O2. The van der Waals surface area contributed by atoms with Gasteiger partial charge in [0.15, 0.2) is 0 Å². The number of alkyl halides is 1. The lowest BCUT2D eigenvalue weighted by Gasteiger charge is -2.48. The van der Waals surface area contributed by atoms with Gasteiger partial charge >= 0.3 is 0 Å². The summed E-state index contributed by atoms with van der Waals surface area (Å²) in [4.78, 5) is 32.6. The van der Waals surface area contributed by atoms with Gasteiger partial charge in [0, 0.05) is 48.6 Å². The molecule has 1 aromatic heterocycles. The molecule has 0 unspecified atom stereocenters. The molecule has 1 saturated carbocycles. The number of rotatable bonds is 11. The number of benzene rings is 1. The van der Waals surface area contributed by atoms with Crippen molar-refractivity contribution in [2.24, 2.45) is 11.3 Å². The van der Waals surface area contributed by atoms with Gasteiger partial charge in [-0.05, 0) is 54.7 Å². The summed E-state index contributed by atoms with van der Waals surface area (Å²) in [5.41, 5.74) is 1.11. The maximum atomic E-state index is 13.8. The highest BCUT2D eigenvalue weighted by Gasteiger charge is 2.43. The molecule has 0 spiro atoms. The number of hydrogen-bond acceptors (Lipinski definition) is 5. The average Bonchev–Trinajstić information content (AvgIpc) is 3.43. The highest BCUT2D eigenvalue weighted by atomic mass is 127. The highest BCUT2D eigenvalue weighted by Crippen LogP contribution is 2.47. The lowest BCUT2D eigenvalue weighted by Crippen LogP contribution is -2.54. The predicted molar refractivity (Wildman–Crippen MR) is 153 cm³/mol. The highest BCUT2D eigenvalue weighted by molar-refractivity contribution is 14.1. The van der Waals surface area contributed by atoms with Crippen LogP contribution in [0.3, 0.4) is 0 Å². The number of carbonyl (C=O) groups excluding carboxylic acids is 2. The summed E-state index contributed by atoms with van der Waals surface area (Å²) in [5.74, 6) is 0.547. The zero-order valence-electron chi connectivity index (χ0n) is 21.4. The number of piperidine rings is 1. The van der Waals surface area contributed by atoms with E-state index in [0.717, 1.165) is 29.5 Å². The van der Waals surface area contributed by atoms with Crippen LogP contribution in [0.1, 0.15) is 56.9 Å². The third-order valence-electron chi connectivity index (χ3n) is 8.10. The molecule has 2 N–H and O–H groups in total. The Hall–Kier alpha value is -1.72. The van der Waals surface area contributed by atoms with E-state index in [2.05, 4.69) is 43.3 Å². The molecule has 1 aliphatic carbocycles. The van der Waals surface area contributed by atoms with E-state index in [-0.39, 0.29) is 17.2 Å². The average molecular weight is 641 g/mol.